The van der Waals surface area contributed by atoms with Gasteiger partial charge in [-0.05, 0) is 18.2 Å². The Labute approximate surface area is 114 Å². The van der Waals surface area contributed by atoms with Crippen LogP contribution < -0.4 is 14.9 Å². The Kier molecular flexibility index (Phi) is 3.08. The highest BCUT2D eigenvalue weighted by Crippen LogP contribution is 2.05. The van der Waals surface area contributed by atoms with Gasteiger partial charge in [0.15, 0.2) is 5.52 Å². The lowest BCUT2D eigenvalue weighted by molar-refractivity contribution is -0.672. The van der Waals surface area contributed by atoms with E-state index in [4.69, 9.17) is 0 Å². The van der Waals surface area contributed by atoms with Crippen LogP contribution in [-0.4, -0.2) is 16.2 Å². The van der Waals surface area contributed by atoms with E-state index in [1.165, 1.54) is 0 Å². The van der Waals surface area contributed by atoms with E-state index in [2.05, 4.69) is 10.4 Å². The number of benzene rings is 1. The third-order valence-corrected chi connectivity index (χ3v) is 3.00. The molecule has 0 radical (unpaired) electrons. The van der Waals surface area contributed by atoms with Crippen molar-refractivity contribution < 1.29 is 9.58 Å². The van der Waals surface area contributed by atoms with Crippen molar-refractivity contribution in [2.24, 2.45) is 0 Å². The Morgan fingerprint density at radius 1 is 1.05 bits per heavy atom. The van der Waals surface area contributed by atoms with E-state index in [0.717, 1.165) is 0 Å². The first-order valence-electron chi connectivity index (χ1n) is 6.22. The average Bonchev–Trinajstić information content (AvgIpc) is 2.97. The third-order valence-electron chi connectivity index (χ3n) is 3.00. The van der Waals surface area contributed by atoms with Gasteiger partial charge < -0.3 is 15.0 Å². The first-order chi connectivity index (χ1) is 9.75. The molecule has 0 unspecified atom stereocenters. The van der Waals surface area contributed by atoms with E-state index in [-0.39, 0.29) is 11.5 Å². The van der Waals surface area contributed by atoms with Gasteiger partial charge in [-0.3, -0.25) is 5.32 Å². The molecule has 0 aliphatic rings. The van der Waals surface area contributed by atoms with Crippen LogP contribution in [0.1, 0.15) is 0 Å². The van der Waals surface area contributed by atoms with Crippen molar-refractivity contribution in [1.82, 2.24) is 9.67 Å². The summed E-state index contributed by atoms with van der Waals surface area (Å²) >= 11 is 0. The van der Waals surface area contributed by atoms with Crippen molar-refractivity contribution in [2.45, 2.75) is 6.54 Å². The smallest absolute Gasteiger partial charge is 0.461 e. The Hall–Kier alpha value is -2.83. The molecule has 102 valence electrons. The SMILES string of the molecule is [O-][n+]1nc(NCCn2cccc2)[n+]([O-])c2ccccc21. The minimum absolute atomic E-state index is 0.00542. The van der Waals surface area contributed by atoms with Gasteiger partial charge in [0, 0.05) is 23.3 Å². The van der Waals surface area contributed by atoms with E-state index in [0.29, 0.717) is 28.2 Å². The predicted octanol–water partition coefficient (Wildman–Crippen LogP) is 0.415. The summed E-state index contributed by atoms with van der Waals surface area (Å²) in [7, 11) is 0. The summed E-state index contributed by atoms with van der Waals surface area (Å²) in [5.41, 5.74) is 0.541. The molecule has 0 aliphatic heterocycles. The molecular weight excluding hydrogens is 258 g/mol. The third kappa shape index (κ3) is 2.20. The van der Waals surface area contributed by atoms with E-state index in [1.54, 1.807) is 24.3 Å². The van der Waals surface area contributed by atoms with Crippen LogP contribution in [0.3, 0.4) is 0 Å². The van der Waals surface area contributed by atoms with E-state index in [1.807, 2.05) is 29.1 Å². The average molecular weight is 271 g/mol. The summed E-state index contributed by atoms with van der Waals surface area (Å²) in [6, 6.07) is 10.4. The lowest BCUT2D eigenvalue weighted by atomic mass is 10.3. The van der Waals surface area contributed by atoms with Gasteiger partial charge >= 0.3 is 5.95 Å². The van der Waals surface area contributed by atoms with Crippen LogP contribution in [0.15, 0.2) is 48.8 Å². The van der Waals surface area contributed by atoms with Crippen molar-refractivity contribution in [1.29, 1.82) is 0 Å². The molecule has 0 bridgehead atoms. The molecule has 0 aliphatic carbocycles. The number of para-hydroxylation sites is 2. The molecule has 2 heterocycles. The lowest BCUT2D eigenvalue weighted by Crippen LogP contribution is -2.44. The zero-order chi connectivity index (χ0) is 13.9. The van der Waals surface area contributed by atoms with Crippen LogP contribution in [0.5, 0.6) is 0 Å². The fourth-order valence-electron chi connectivity index (χ4n) is 2.02. The summed E-state index contributed by atoms with van der Waals surface area (Å²) in [6.07, 6.45) is 3.85. The number of nitrogens with zero attached hydrogens (tertiary/aromatic N) is 4. The zero-order valence-electron chi connectivity index (χ0n) is 10.6. The van der Waals surface area contributed by atoms with Gasteiger partial charge in [-0.2, -0.15) is 0 Å². The molecule has 0 amide bonds. The van der Waals surface area contributed by atoms with E-state index >= 15 is 0 Å². The maximum Gasteiger partial charge on any atom is 0.461 e. The molecule has 3 rings (SSSR count). The maximum atomic E-state index is 12.1. The standard InChI is InChI=1S/C13H13N5O2/c19-17-11-5-1-2-6-12(11)18(20)15-13(17)14-7-10-16-8-3-4-9-16/h1-6,8-9H,7,10H2,(H,14,15). The Balaban J connectivity index is 1.83. The number of rotatable bonds is 4. The van der Waals surface area contributed by atoms with Crippen molar-refractivity contribution in [3.63, 3.8) is 0 Å². The van der Waals surface area contributed by atoms with Crippen LogP contribution in [0.25, 0.3) is 11.0 Å². The van der Waals surface area contributed by atoms with Crippen LogP contribution in [0.2, 0.25) is 0 Å². The van der Waals surface area contributed by atoms with Crippen LogP contribution in [0, 0.1) is 10.4 Å². The number of aromatic nitrogens is 4. The molecule has 0 saturated heterocycles. The number of hydrogen-bond acceptors (Lipinski definition) is 4. The summed E-state index contributed by atoms with van der Waals surface area (Å²) in [6.45, 7) is 1.18. The molecule has 1 N–H and O–H groups in total. The Bertz CT molecular complexity index is 727. The van der Waals surface area contributed by atoms with E-state index in [9.17, 15) is 10.4 Å². The molecule has 3 aromatic rings. The monoisotopic (exact) mass is 271 g/mol. The van der Waals surface area contributed by atoms with Gasteiger partial charge in [-0.1, -0.05) is 12.1 Å². The van der Waals surface area contributed by atoms with Crippen molar-refractivity contribution in [2.75, 3.05) is 11.9 Å². The molecule has 7 heteroatoms. The molecule has 2 aromatic heterocycles. The summed E-state index contributed by atoms with van der Waals surface area (Å²) < 4.78 is 2.60. The fraction of sp³-hybridized carbons (Fsp3) is 0.154. The van der Waals surface area contributed by atoms with Gasteiger partial charge in [-0.15, -0.1) is 0 Å². The number of hydrogen-bond donors (Lipinski definition) is 1. The summed E-state index contributed by atoms with van der Waals surface area (Å²) in [5.74, 6) is 0.00542. The fourth-order valence-corrected chi connectivity index (χ4v) is 2.02. The van der Waals surface area contributed by atoms with Gasteiger partial charge in [0.1, 0.15) is 0 Å². The highest BCUT2D eigenvalue weighted by molar-refractivity contribution is 5.67. The quantitative estimate of drug-likeness (QED) is 0.550. The summed E-state index contributed by atoms with van der Waals surface area (Å²) in [5, 5.41) is 30.5. The van der Waals surface area contributed by atoms with Gasteiger partial charge in [0.25, 0.3) is 5.52 Å². The van der Waals surface area contributed by atoms with Crippen molar-refractivity contribution in [3.8, 4) is 0 Å². The van der Waals surface area contributed by atoms with Crippen molar-refractivity contribution >= 4 is 17.0 Å². The topological polar surface area (TPSA) is 83.7 Å². The molecule has 7 nitrogen and oxygen atoms in total. The second-order valence-corrected chi connectivity index (χ2v) is 4.33. The van der Waals surface area contributed by atoms with Gasteiger partial charge in [0.2, 0.25) is 5.10 Å². The first kappa shape index (κ1) is 12.2. The normalized spacial score (nSPS) is 10.8. The Morgan fingerprint density at radius 3 is 2.50 bits per heavy atom. The molecule has 0 saturated carbocycles. The molecule has 1 aromatic carbocycles. The van der Waals surface area contributed by atoms with Crippen molar-refractivity contribution in [3.05, 3.63) is 59.2 Å². The van der Waals surface area contributed by atoms with Crippen LogP contribution >= 0.6 is 0 Å². The highest BCUT2D eigenvalue weighted by Gasteiger charge is 2.18. The Morgan fingerprint density at radius 2 is 1.75 bits per heavy atom. The molecule has 0 atom stereocenters. The second kappa shape index (κ2) is 5.04. The first-order valence-corrected chi connectivity index (χ1v) is 6.22. The second-order valence-electron chi connectivity index (χ2n) is 4.33. The van der Waals surface area contributed by atoms with Gasteiger partial charge in [0.05, 0.1) is 13.1 Å². The lowest BCUT2D eigenvalue weighted by Gasteiger charge is -2.09. The number of anilines is 1. The largest absolute Gasteiger partial charge is 0.739 e. The predicted molar refractivity (Wildman–Crippen MR) is 72.6 cm³/mol. The number of nitrogens with one attached hydrogen (secondary N) is 1. The number of fused-ring (bicyclic) bond motifs is 1. The van der Waals surface area contributed by atoms with Crippen LogP contribution in [0.4, 0.5) is 5.95 Å². The molecule has 0 fully saturated rings. The van der Waals surface area contributed by atoms with Crippen LogP contribution in [-0.2, 0) is 6.54 Å². The minimum Gasteiger partial charge on any atom is -0.739 e. The zero-order valence-corrected chi connectivity index (χ0v) is 10.6. The summed E-state index contributed by atoms with van der Waals surface area (Å²) in [4.78, 5) is 0.460. The van der Waals surface area contributed by atoms with E-state index < -0.39 is 0 Å². The molecule has 20 heavy (non-hydrogen) atoms. The minimum atomic E-state index is 0.00542. The highest BCUT2D eigenvalue weighted by atomic mass is 16.5. The maximum absolute atomic E-state index is 12.1. The van der Waals surface area contributed by atoms with Gasteiger partial charge in [-0.25, -0.2) is 4.73 Å². The molecular formula is C13H13N5O2. The molecule has 0 spiro atoms.